The summed E-state index contributed by atoms with van der Waals surface area (Å²) in [6.07, 6.45) is 1.47. The van der Waals surface area contributed by atoms with Crippen molar-refractivity contribution in [3.63, 3.8) is 0 Å². The minimum atomic E-state index is -0.467. The predicted octanol–water partition coefficient (Wildman–Crippen LogP) is 5.67. The normalized spacial score (nSPS) is 25.2. The third-order valence-electron chi connectivity index (χ3n) is 8.90. The van der Waals surface area contributed by atoms with Gasteiger partial charge in [-0.25, -0.2) is 0 Å². The first kappa shape index (κ1) is 28.2. The molecule has 0 aromatic heterocycles. The molecule has 3 aromatic carbocycles. The Morgan fingerprint density at radius 3 is 2.64 bits per heavy atom. The van der Waals surface area contributed by atoms with Crippen LogP contribution in [0.15, 0.2) is 70.2 Å². The van der Waals surface area contributed by atoms with Crippen LogP contribution in [0.3, 0.4) is 0 Å². The van der Waals surface area contributed by atoms with Crippen molar-refractivity contribution in [3.05, 3.63) is 91.9 Å². The molecule has 0 unspecified atom stereocenters. The van der Waals surface area contributed by atoms with Crippen molar-refractivity contribution in [2.24, 2.45) is 11.0 Å². The summed E-state index contributed by atoms with van der Waals surface area (Å²) < 4.78 is 13.2. The first-order chi connectivity index (χ1) is 20.3. The second-order valence-electron chi connectivity index (χ2n) is 11.1. The largest absolute Gasteiger partial charge is 0.495 e. The maximum Gasteiger partial charge on any atom is 0.269 e. The van der Waals surface area contributed by atoms with Crippen LogP contribution in [0, 0.1) is 16.0 Å². The highest BCUT2D eigenvalue weighted by Crippen LogP contribution is 2.61. The lowest BCUT2D eigenvalue weighted by Gasteiger charge is -2.45. The average Bonchev–Trinajstić information content (AvgIpc) is 3.27. The Balaban J connectivity index is 1.38. The number of hydrogen-bond acceptors (Lipinski definition) is 8. The number of amides is 1. The molecule has 1 fully saturated rings. The zero-order chi connectivity index (χ0) is 29.6. The first-order valence-corrected chi connectivity index (χ1v) is 14.6. The van der Waals surface area contributed by atoms with Crippen LogP contribution in [0.5, 0.6) is 11.5 Å². The number of hydrazone groups is 1. The Labute approximate surface area is 251 Å². The summed E-state index contributed by atoms with van der Waals surface area (Å²) in [5, 5.41) is 26.4. The van der Waals surface area contributed by atoms with E-state index in [2.05, 4.69) is 33.4 Å². The zero-order valence-corrected chi connectivity index (χ0v) is 24.8. The summed E-state index contributed by atoms with van der Waals surface area (Å²) in [5.41, 5.74) is 6.75. The van der Waals surface area contributed by atoms with Gasteiger partial charge < -0.3 is 19.5 Å². The molecular formula is C31H31BrN4O6. The topological polar surface area (TPSA) is 127 Å². The maximum atomic E-state index is 13.8. The maximum absolute atomic E-state index is 13.8. The summed E-state index contributed by atoms with van der Waals surface area (Å²) >= 11 is 3.72. The van der Waals surface area contributed by atoms with Crippen LogP contribution in [0.1, 0.15) is 47.7 Å². The van der Waals surface area contributed by atoms with E-state index >= 15 is 0 Å². The highest BCUT2D eigenvalue weighted by atomic mass is 79.9. The molecule has 1 aliphatic carbocycles. The first-order valence-electron chi connectivity index (χ1n) is 13.9. The highest BCUT2D eigenvalue weighted by molar-refractivity contribution is 9.10. The molecule has 0 saturated heterocycles. The highest BCUT2D eigenvalue weighted by Gasteiger charge is 2.59. The van der Waals surface area contributed by atoms with Crippen LogP contribution >= 0.6 is 15.9 Å². The van der Waals surface area contributed by atoms with E-state index in [9.17, 15) is 20.0 Å². The summed E-state index contributed by atoms with van der Waals surface area (Å²) in [6, 6.07) is 16.8. The standard InChI is InChI=1S/C31H31BrN4O6/c1-18-12-22(34-33-21-8-10-23(11-9-21)36(39)40)14-26-31(18)15-24(17-37)35(30(38)19-6-4-3-5-7-19)16-20-13-25(41-2)28(32)29(42-26)27(20)31/h3-11,13,18,24,26,33,37H,12,14-17H2,1-2H3/b34-22+/t18-,24+,26-,31+/m1/s1. The number of nitro benzene ring substituents is 1. The van der Waals surface area contributed by atoms with Crippen LogP contribution in [-0.4, -0.2) is 52.4 Å². The number of aliphatic hydroxyl groups is 1. The number of non-ortho nitro benzene ring substituents is 1. The van der Waals surface area contributed by atoms with Crippen LogP contribution in [0.2, 0.25) is 0 Å². The number of nitrogens with zero attached hydrogens (tertiary/aromatic N) is 3. The summed E-state index contributed by atoms with van der Waals surface area (Å²) in [7, 11) is 1.61. The van der Waals surface area contributed by atoms with Gasteiger partial charge in [0.15, 0.2) is 0 Å². The van der Waals surface area contributed by atoms with Crippen molar-refractivity contribution in [2.45, 2.75) is 50.3 Å². The van der Waals surface area contributed by atoms with E-state index in [1.807, 2.05) is 24.3 Å². The number of anilines is 1. The van der Waals surface area contributed by atoms with Gasteiger partial charge in [-0.15, -0.1) is 0 Å². The third-order valence-corrected chi connectivity index (χ3v) is 9.65. The number of benzene rings is 3. The van der Waals surface area contributed by atoms with Gasteiger partial charge in [-0.3, -0.25) is 20.3 Å². The van der Waals surface area contributed by atoms with E-state index in [1.54, 1.807) is 36.3 Å². The van der Waals surface area contributed by atoms with Gasteiger partial charge in [-0.05, 0) is 70.6 Å². The number of nitro groups is 1. The van der Waals surface area contributed by atoms with Crippen LogP contribution < -0.4 is 14.9 Å². The minimum absolute atomic E-state index is 0.0157. The van der Waals surface area contributed by atoms with E-state index in [0.29, 0.717) is 42.8 Å². The molecule has 1 amide bonds. The smallest absolute Gasteiger partial charge is 0.269 e. The number of nitrogens with one attached hydrogen (secondary N) is 1. The van der Waals surface area contributed by atoms with Gasteiger partial charge in [0, 0.05) is 47.4 Å². The number of rotatable bonds is 6. The average molecular weight is 636 g/mol. The molecule has 3 aliphatic rings. The van der Waals surface area contributed by atoms with Gasteiger partial charge in [0.2, 0.25) is 0 Å². The van der Waals surface area contributed by atoms with Crippen molar-refractivity contribution in [3.8, 4) is 11.5 Å². The summed E-state index contributed by atoms with van der Waals surface area (Å²) in [4.78, 5) is 26.2. The predicted molar refractivity (Wildman–Crippen MR) is 161 cm³/mol. The van der Waals surface area contributed by atoms with Gasteiger partial charge in [-0.1, -0.05) is 25.1 Å². The number of ether oxygens (including phenoxy) is 2. The number of hydrogen-bond donors (Lipinski definition) is 2. The van der Waals surface area contributed by atoms with Crippen molar-refractivity contribution in [1.29, 1.82) is 0 Å². The molecule has 4 atom stereocenters. The van der Waals surface area contributed by atoms with Gasteiger partial charge in [-0.2, -0.15) is 5.10 Å². The molecule has 2 heterocycles. The Kier molecular flexibility index (Phi) is 7.40. The molecule has 11 heteroatoms. The SMILES string of the molecule is COc1cc2c3c(c1Br)O[C@@H]1C/C(=N/Nc4ccc([N+](=O)[O-])cc4)C[C@@H](C)[C@]31C[C@@H](CO)N(C(=O)c1ccccc1)C2. The van der Waals surface area contributed by atoms with Crippen molar-refractivity contribution < 1.29 is 24.3 Å². The van der Waals surface area contributed by atoms with Crippen molar-refractivity contribution in [2.75, 3.05) is 19.1 Å². The van der Waals surface area contributed by atoms with Gasteiger partial charge >= 0.3 is 0 Å². The molecule has 1 spiro atoms. The summed E-state index contributed by atoms with van der Waals surface area (Å²) in [6.45, 7) is 2.32. The molecule has 6 rings (SSSR count). The number of aliphatic hydroxyl groups excluding tert-OH is 1. The molecule has 3 aromatic rings. The Hall–Kier alpha value is -3.96. The van der Waals surface area contributed by atoms with Gasteiger partial charge in [0.25, 0.3) is 11.6 Å². The van der Waals surface area contributed by atoms with Gasteiger partial charge in [0.05, 0.1) is 30.4 Å². The number of methoxy groups -OCH3 is 1. The fourth-order valence-corrected chi connectivity index (χ4v) is 7.44. The van der Waals surface area contributed by atoms with Crippen molar-refractivity contribution in [1.82, 2.24) is 4.90 Å². The lowest BCUT2D eigenvalue weighted by molar-refractivity contribution is -0.384. The molecular weight excluding hydrogens is 604 g/mol. The zero-order valence-electron chi connectivity index (χ0n) is 23.2. The lowest BCUT2D eigenvalue weighted by atomic mass is 9.59. The molecule has 1 saturated carbocycles. The van der Waals surface area contributed by atoms with Crippen LogP contribution in [0.4, 0.5) is 11.4 Å². The molecule has 2 N–H and O–H groups in total. The van der Waals surface area contributed by atoms with E-state index in [4.69, 9.17) is 9.47 Å². The number of carbonyl (C=O) groups excluding carboxylic acids is 1. The molecule has 42 heavy (non-hydrogen) atoms. The van der Waals surface area contributed by atoms with E-state index in [1.165, 1.54) is 12.1 Å². The van der Waals surface area contributed by atoms with Crippen molar-refractivity contribution >= 4 is 38.9 Å². The summed E-state index contributed by atoms with van der Waals surface area (Å²) in [5.74, 6) is 1.27. The van der Waals surface area contributed by atoms with E-state index in [-0.39, 0.29) is 30.2 Å². The number of carbonyl (C=O) groups is 1. The second-order valence-corrected chi connectivity index (χ2v) is 11.9. The Bertz CT molecular complexity index is 1560. The minimum Gasteiger partial charge on any atom is -0.495 e. The molecule has 10 nitrogen and oxygen atoms in total. The lowest BCUT2D eigenvalue weighted by Crippen LogP contribution is -2.53. The fraction of sp³-hybridized carbons (Fsp3) is 0.355. The Morgan fingerprint density at radius 2 is 1.98 bits per heavy atom. The number of halogens is 1. The van der Waals surface area contributed by atoms with Gasteiger partial charge in [0.1, 0.15) is 22.1 Å². The van der Waals surface area contributed by atoms with E-state index in [0.717, 1.165) is 27.1 Å². The quantitative estimate of drug-likeness (QED) is 0.264. The van der Waals surface area contributed by atoms with E-state index < -0.39 is 16.4 Å². The third kappa shape index (κ3) is 4.60. The fourth-order valence-electron chi connectivity index (χ4n) is 6.87. The van der Waals surface area contributed by atoms with Crippen LogP contribution in [0.25, 0.3) is 0 Å². The molecule has 2 aliphatic heterocycles. The Morgan fingerprint density at radius 1 is 1.24 bits per heavy atom. The monoisotopic (exact) mass is 634 g/mol. The molecule has 0 bridgehead atoms. The van der Waals surface area contributed by atoms with Crippen LogP contribution in [-0.2, 0) is 12.0 Å². The second kappa shape index (κ2) is 11.0. The molecule has 218 valence electrons. The molecule has 0 radical (unpaired) electrons.